The maximum Gasteiger partial charge on any atom is 0.471 e. The largest absolute Gasteiger partial charge is 0.471 e. The van der Waals surface area contributed by atoms with Crippen molar-refractivity contribution in [2.24, 2.45) is 0 Å². The van der Waals surface area contributed by atoms with Crippen LogP contribution in [0, 0.1) is 11.6 Å². The van der Waals surface area contributed by atoms with Crippen LogP contribution in [0.2, 0.25) is 5.02 Å². The van der Waals surface area contributed by atoms with Crippen molar-refractivity contribution in [2.45, 2.75) is 32.2 Å². The van der Waals surface area contributed by atoms with Gasteiger partial charge in [0.25, 0.3) is 5.91 Å². The van der Waals surface area contributed by atoms with Crippen LogP contribution in [-0.2, 0) is 33.6 Å². The number of fused-ring (bicyclic) bond motifs is 1. The molecule has 3 aromatic rings. The number of phosphoric acid groups is 1. The number of rotatable bonds is 8. The summed E-state index contributed by atoms with van der Waals surface area (Å²) in [6.07, 6.45) is 1.16. The molecule has 0 aliphatic heterocycles. The molecule has 37 heavy (non-hydrogen) atoms. The standard InChI is InChI=1S/C22H20ClF2N4O7P/c23-16-9-12(1-4-17(16)24)26-21(30)15-2-5-18(25)20-14(15)3-6-19(20)27-22(31)35-10-13-7-8-29(28-13)11-36-37(32,33)34/h1-2,4-5,7-9,19H,3,6,10-11H2,(H,26,30)(H,27,31)(H2,32,33,34). The Morgan fingerprint density at radius 3 is 2.68 bits per heavy atom. The second-order valence-electron chi connectivity index (χ2n) is 7.98. The first kappa shape index (κ1) is 26.7. The number of benzene rings is 2. The van der Waals surface area contributed by atoms with Crippen LogP contribution in [0.25, 0.3) is 0 Å². The summed E-state index contributed by atoms with van der Waals surface area (Å²) >= 11 is 5.75. The lowest BCUT2D eigenvalue weighted by atomic mass is 10.0. The predicted octanol–water partition coefficient (Wildman–Crippen LogP) is 4.05. The topological polar surface area (TPSA) is 152 Å². The van der Waals surface area contributed by atoms with Crippen LogP contribution in [0.15, 0.2) is 42.6 Å². The third kappa shape index (κ3) is 6.70. The van der Waals surface area contributed by atoms with E-state index in [9.17, 15) is 22.9 Å². The van der Waals surface area contributed by atoms with Crippen molar-refractivity contribution in [3.05, 3.63) is 81.6 Å². The Morgan fingerprint density at radius 1 is 1.19 bits per heavy atom. The fourth-order valence-electron chi connectivity index (χ4n) is 3.85. The van der Waals surface area contributed by atoms with Gasteiger partial charge in [0.05, 0.1) is 11.1 Å². The number of aromatic nitrogens is 2. The van der Waals surface area contributed by atoms with Crippen LogP contribution in [-0.4, -0.2) is 31.6 Å². The predicted molar refractivity (Wildman–Crippen MR) is 126 cm³/mol. The Balaban J connectivity index is 1.38. The molecule has 0 spiro atoms. The van der Waals surface area contributed by atoms with Crippen LogP contribution in [0.1, 0.15) is 39.6 Å². The molecule has 0 radical (unpaired) electrons. The maximum atomic E-state index is 14.7. The molecule has 1 unspecified atom stereocenters. The average Bonchev–Trinajstić information content (AvgIpc) is 3.46. The monoisotopic (exact) mass is 556 g/mol. The van der Waals surface area contributed by atoms with Gasteiger partial charge in [0.2, 0.25) is 0 Å². The van der Waals surface area contributed by atoms with Gasteiger partial charge >= 0.3 is 13.9 Å². The second kappa shape index (κ2) is 11.0. The van der Waals surface area contributed by atoms with Gasteiger partial charge < -0.3 is 25.2 Å². The third-order valence-corrected chi connectivity index (χ3v) is 6.20. The minimum Gasteiger partial charge on any atom is -0.443 e. The molecule has 1 atom stereocenters. The van der Waals surface area contributed by atoms with Crippen LogP contribution < -0.4 is 10.6 Å². The fraction of sp³-hybridized carbons (Fsp3) is 0.227. The Bertz CT molecular complexity index is 1400. The first-order chi connectivity index (χ1) is 17.5. The molecule has 0 saturated carbocycles. The number of halogens is 3. The molecule has 196 valence electrons. The van der Waals surface area contributed by atoms with Crippen LogP contribution in [0.5, 0.6) is 0 Å². The molecule has 4 N–H and O–H groups in total. The molecule has 1 aromatic heterocycles. The number of ether oxygens (including phenoxy) is 1. The number of phosphoric ester groups is 1. The normalized spacial score (nSPS) is 14.8. The quantitative estimate of drug-likeness (QED) is 0.303. The lowest BCUT2D eigenvalue weighted by Gasteiger charge is -2.16. The SMILES string of the molecule is O=C(NC1CCc2c(C(=O)Nc3ccc(F)c(Cl)c3)ccc(F)c21)OCc1ccn(COP(=O)(O)O)n1. The van der Waals surface area contributed by atoms with Crippen LogP contribution in [0.4, 0.5) is 19.3 Å². The zero-order valence-corrected chi connectivity index (χ0v) is 20.5. The summed E-state index contributed by atoms with van der Waals surface area (Å²) in [5.74, 6) is -1.77. The summed E-state index contributed by atoms with van der Waals surface area (Å²) in [5, 5.41) is 8.97. The maximum absolute atomic E-state index is 14.7. The van der Waals surface area contributed by atoms with Crippen molar-refractivity contribution >= 4 is 37.1 Å². The first-order valence-electron chi connectivity index (χ1n) is 10.7. The molecule has 11 nitrogen and oxygen atoms in total. The number of carbonyl (C=O) groups is 2. The summed E-state index contributed by atoms with van der Waals surface area (Å²) in [7, 11) is -4.66. The van der Waals surface area contributed by atoms with E-state index in [4.69, 9.17) is 26.1 Å². The molecule has 2 aromatic carbocycles. The lowest BCUT2D eigenvalue weighted by Crippen LogP contribution is -2.28. The zero-order chi connectivity index (χ0) is 26.7. The third-order valence-electron chi connectivity index (χ3n) is 5.45. The Morgan fingerprint density at radius 2 is 1.95 bits per heavy atom. The van der Waals surface area contributed by atoms with Gasteiger partial charge in [-0.2, -0.15) is 5.10 Å². The van der Waals surface area contributed by atoms with E-state index in [0.29, 0.717) is 18.4 Å². The van der Waals surface area contributed by atoms with E-state index in [-0.39, 0.29) is 34.1 Å². The van der Waals surface area contributed by atoms with Crippen molar-refractivity contribution < 1.29 is 42.0 Å². The molecule has 15 heteroatoms. The van der Waals surface area contributed by atoms with E-state index in [1.807, 2.05) is 0 Å². The minimum absolute atomic E-state index is 0.161. The van der Waals surface area contributed by atoms with Crippen molar-refractivity contribution in [3.8, 4) is 0 Å². The zero-order valence-electron chi connectivity index (χ0n) is 18.9. The summed E-state index contributed by atoms with van der Waals surface area (Å²) in [6.45, 7) is -0.766. The average molecular weight is 557 g/mol. The van der Waals surface area contributed by atoms with Gasteiger partial charge in [-0.3, -0.25) is 9.32 Å². The fourth-order valence-corrected chi connectivity index (χ4v) is 4.30. The Hall–Kier alpha value is -3.35. The number of amides is 2. The van der Waals surface area contributed by atoms with E-state index in [2.05, 4.69) is 20.3 Å². The number of hydrogen-bond acceptors (Lipinski definition) is 6. The van der Waals surface area contributed by atoms with Gasteiger partial charge in [0.15, 0.2) is 6.73 Å². The van der Waals surface area contributed by atoms with Crippen molar-refractivity contribution in [3.63, 3.8) is 0 Å². The van der Waals surface area contributed by atoms with E-state index >= 15 is 0 Å². The summed E-state index contributed by atoms with van der Waals surface area (Å²) < 4.78 is 49.4. The molecular formula is C22H20ClF2N4O7P. The molecule has 1 aliphatic rings. The molecule has 1 aliphatic carbocycles. The van der Waals surface area contributed by atoms with Gasteiger partial charge in [-0.05, 0) is 54.8 Å². The molecule has 0 bridgehead atoms. The van der Waals surface area contributed by atoms with E-state index < -0.39 is 44.2 Å². The summed E-state index contributed by atoms with van der Waals surface area (Å²) in [5.41, 5.74) is 1.35. The smallest absolute Gasteiger partial charge is 0.443 e. The van der Waals surface area contributed by atoms with Gasteiger partial charge in [0.1, 0.15) is 23.9 Å². The molecule has 2 amide bonds. The lowest BCUT2D eigenvalue weighted by molar-refractivity contribution is 0.102. The van der Waals surface area contributed by atoms with E-state index in [0.717, 1.165) is 16.8 Å². The van der Waals surface area contributed by atoms with Gasteiger partial charge in [-0.1, -0.05) is 11.6 Å². The van der Waals surface area contributed by atoms with E-state index in [1.54, 1.807) is 0 Å². The van der Waals surface area contributed by atoms with Crippen LogP contribution in [0.3, 0.4) is 0 Å². The van der Waals surface area contributed by atoms with Crippen LogP contribution >= 0.6 is 19.4 Å². The Labute approximate surface area is 213 Å². The van der Waals surface area contributed by atoms with Crippen molar-refractivity contribution in [1.82, 2.24) is 15.1 Å². The number of nitrogens with one attached hydrogen (secondary N) is 2. The highest BCUT2D eigenvalue weighted by Gasteiger charge is 2.31. The van der Waals surface area contributed by atoms with Crippen molar-refractivity contribution in [2.75, 3.05) is 5.32 Å². The number of carbonyl (C=O) groups excluding carboxylic acids is 2. The van der Waals surface area contributed by atoms with Gasteiger partial charge in [-0.15, -0.1) is 0 Å². The minimum atomic E-state index is -4.66. The van der Waals surface area contributed by atoms with Gasteiger partial charge in [-0.25, -0.2) is 22.8 Å². The number of alkyl carbamates (subject to hydrolysis) is 1. The number of nitrogens with zero attached hydrogens (tertiary/aromatic N) is 2. The first-order valence-corrected chi connectivity index (χ1v) is 12.6. The highest BCUT2D eigenvalue weighted by atomic mass is 35.5. The number of hydrogen-bond donors (Lipinski definition) is 4. The van der Waals surface area contributed by atoms with Gasteiger partial charge in [0, 0.05) is 23.0 Å². The summed E-state index contributed by atoms with van der Waals surface area (Å²) in [4.78, 5) is 42.6. The highest BCUT2D eigenvalue weighted by molar-refractivity contribution is 7.46. The molecule has 4 rings (SSSR count). The van der Waals surface area contributed by atoms with E-state index in [1.165, 1.54) is 30.5 Å². The molecule has 1 heterocycles. The molecule has 0 fully saturated rings. The summed E-state index contributed by atoms with van der Waals surface area (Å²) in [6, 6.07) is 6.89. The molecule has 0 saturated heterocycles. The number of anilines is 1. The van der Waals surface area contributed by atoms with Crippen molar-refractivity contribution in [1.29, 1.82) is 0 Å². The second-order valence-corrected chi connectivity index (χ2v) is 9.62. The Kier molecular flexibility index (Phi) is 7.90. The highest BCUT2D eigenvalue weighted by Crippen LogP contribution is 2.37. The molecular weight excluding hydrogens is 537 g/mol.